The number of hydrogen-bond donors (Lipinski definition) is 4. The van der Waals surface area contributed by atoms with Gasteiger partial charge in [-0.25, -0.2) is 14.8 Å². The Morgan fingerprint density at radius 1 is 0.667 bits per heavy atom. The summed E-state index contributed by atoms with van der Waals surface area (Å²) in [5.74, 6) is -7.61. The Morgan fingerprint density at radius 3 is 1.75 bits per heavy atom. The van der Waals surface area contributed by atoms with Crippen molar-refractivity contribution in [1.82, 2.24) is 41.0 Å². The topological polar surface area (TPSA) is 265 Å². The SMILES string of the molecule is O=C1COC(=O)CNC(=O)COC(=O)C(Cc2ccc(Cn3cc(-c4ccncn4)cn3)cc2)NC(=O)COC(=O)CNC(=O)COC(=O)CN1. The highest BCUT2D eigenvalue weighted by molar-refractivity contribution is 5.90. The number of benzene rings is 1. The summed E-state index contributed by atoms with van der Waals surface area (Å²) in [6.45, 7) is -4.87. The normalized spacial score (nSPS) is 18.0. The molecule has 4 rings (SSSR count). The second-order valence-electron chi connectivity index (χ2n) is 10.6. The average Bonchev–Trinajstić information content (AvgIpc) is 3.60. The summed E-state index contributed by atoms with van der Waals surface area (Å²) in [5, 5.41) is 13.1. The van der Waals surface area contributed by atoms with Gasteiger partial charge in [-0.2, -0.15) is 5.10 Å². The van der Waals surface area contributed by atoms with Crippen LogP contribution in [0.1, 0.15) is 11.1 Å². The molecule has 3 aromatic rings. The van der Waals surface area contributed by atoms with Gasteiger partial charge in [-0.3, -0.25) is 38.2 Å². The number of rotatable bonds is 5. The molecule has 1 saturated heterocycles. The van der Waals surface area contributed by atoms with Crippen molar-refractivity contribution >= 4 is 47.5 Å². The molecule has 0 radical (unpaired) electrons. The van der Waals surface area contributed by atoms with Crippen molar-refractivity contribution in [2.45, 2.75) is 19.0 Å². The quantitative estimate of drug-likeness (QED) is 0.152. The fraction of sp³-hybridized carbons (Fsp3) is 0.323. The highest BCUT2D eigenvalue weighted by Crippen LogP contribution is 2.16. The van der Waals surface area contributed by atoms with Crippen molar-refractivity contribution in [3.05, 3.63) is 66.4 Å². The predicted molar refractivity (Wildman–Crippen MR) is 167 cm³/mol. The molecule has 51 heavy (non-hydrogen) atoms. The zero-order valence-electron chi connectivity index (χ0n) is 26.8. The first kappa shape index (κ1) is 37.1. The zero-order valence-corrected chi connectivity index (χ0v) is 26.8. The zero-order chi connectivity index (χ0) is 36.6. The molecule has 1 unspecified atom stereocenters. The fourth-order valence-electron chi connectivity index (χ4n) is 4.17. The average molecular weight is 709 g/mol. The van der Waals surface area contributed by atoms with Crippen LogP contribution in [-0.4, -0.2) is 119 Å². The van der Waals surface area contributed by atoms with E-state index in [1.807, 2.05) is 6.20 Å². The van der Waals surface area contributed by atoms with E-state index in [4.69, 9.17) is 14.2 Å². The lowest BCUT2D eigenvalue weighted by molar-refractivity contribution is -0.154. The lowest BCUT2D eigenvalue weighted by atomic mass is 10.0. The highest BCUT2D eigenvalue weighted by Gasteiger charge is 2.25. The van der Waals surface area contributed by atoms with Gasteiger partial charge in [0, 0.05) is 24.4 Å². The van der Waals surface area contributed by atoms with E-state index in [1.165, 1.54) is 6.33 Å². The third kappa shape index (κ3) is 13.0. The van der Waals surface area contributed by atoms with E-state index in [9.17, 15) is 38.4 Å². The third-order valence-electron chi connectivity index (χ3n) is 6.67. The van der Waals surface area contributed by atoms with Crippen LogP contribution in [0, 0.1) is 0 Å². The molecule has 0 saturated carbocycles. The van der Waals surface area contributed by atoms with E-state index in [1.54, 1.807) is 47.4 Å². The van der Waals surface area contributed by atoms with Gasteiger partial charge >= 0.3 is 23.9 Å². The number of carbonyl (C=O) groups excluding carboxylic acids is 8. The van der Waals surface area contributed by atoms with Crippen LogP contribution in [0.3, 0.4) is 0 Å². The number of cyclic esters (lactones) is 4. The molecular formula is C31H32N8O12. The smallest absolute Gasteiger partial charge is 0.329 e. The van der Waals surface area contributed by atoms with Crippen molar-refractivity contribution in [3.63, 3.8) is 0 Å². The number of ether oxygens (including phenoxy) is 4. The summed E-state index contributed by atoms with van der Waals surface area (Å²) in [4.78, 5) is 105. The Labute approximate surface area is 288 Å². The Morgan fingerprint density at radius 2 is 1.20 bits per heavy atom. The van der Waals surface area contributed by atoms with Crippen molar-refractivity contribution in [2.24, 2.45) is 0 Å². The molecule has 0 aliphatic carbocycles. The number of carbonyl (C=O) groups is 8. The molecule has 1 fully saturated rings. The van der Waals surface area contributed by atoms with Crippen LogP contribution in [0.15, 0.2) is 55.2 Å². The Balaban J connectivity index is 1.38. The summed E-state index contributed by atoms with van der Waals surface area (Å²) >= 11 is 0. The van der Waals surface area contributed by atoms with Crippen LogP contribution in [0.4, 0.5) is 0 Å². The van der Waals surface area contributed by atoms with Gasteiger partial charge in [-0.05, 0) is 17.2 Å². The number of nitrogens with zero attached hydrogens (tertiary/aromatic N) is 4. The standard InChI is InChI=1S/C31H32N8O12/c40-24-14-49-29(45)10-35-26(42)16-51-31(47)23(38-27(43)17-50-30(46)11-34-25(41)15-48-28(44)9-33-24)7-19-1-3-20(4-2-19)12-39-13-21(8-37-39)22-5-6-32-18-36-22/h1-6,8,13,18,23H,7,9-12,14-17H2,(H,33,40)(H,34,41)(H,35,42)(H,38,43). The molecule has 2 aromatic heterocycles. The summed E-state index contributed by atoms with van der Waals surface area (Å²) in [6, 6.07) is 7.43. The van der Waals surface area contributed by atoms with Gasteiger partial charge in [0.1, 0.15) is 32.0 Å². The molecule has 1 atom stereocenters. The molecule has 4 N–H and O–H groups in total. The lowest BCUT2D eigenvalue weighted by Crippen LogP contribution is -2.46. The summed E-state index contributed by atoms with van der Waals surface area (Å²) < 4.78 is 21.0. The monoisotopic (exact) mass is 708 g/mol. The first-order valence-electron chi connectivity index (χ1n) is 15.1. The van der Waals surface area contributed by atoms with Crippen LogP contribution in [0.5, 0.6) is 0 Å². The molecule has 0 bridgehead atoms. The van der Waals surface area contributed by atoms with Crippen LogP contribution in [-0.2, 0) is 70.3 Å². The number of hydrogen-bond acceptors (Lipinski definition) is 15. The van der Waals surface area contributed by atoms with Gasteiger partial charge < -0.3 is 40.2 Å². The second kappa shape index (κ2) is 18.7. The molecule has 0 spiro atoms. The van der Waals surface area contributed by atoms with E-state index >= 15 is 0 Å². The van der Waals surface area contributed by atoms with Crippen molar-refractivity contribution < 1.29 is 57.3 Å². The van der Waals surface area contributed by atoms with Gasteiger partial charge in [0.15, 0.2) is 26.4 Å². The maximum atomic E-state index is 13.0. The molecule has 268 valence electrons. The molecule has 20 heteroatoms. The van der Waals surface area contributed by atoms with Gasteiger partial charge in [-0.1, -0.05) is 24.3 Å². The third-order valence-corrected chi connectivity index (χ3v) is 6.67. The Bertz CT molecular complexity index is 1750. The van der Waals surface area contributed by atoms with Crippen LogP contribution in [0.2, 0.25) is 0 Å². The second-order valence-corrected chi connectivity index (χ2v) is 10.6. The van der Waals surface area contributed by atoms with Gasteiger partial charge in [0.25, 0.3) is 23.6 Å². The molecule has 3 heterocycles. The van der Waals surface area contributed by atoms with Crippen LogP contribution >= 0.6 is 0 Å². The molecule has 4 amide bonds. The van der Waals surface area contributed by atoms with Gasteiger partial charge in [0.2, 0.25) is 0 Å². The minimum absolute atomic E-state index is 0.0940. The first-order chi connectivity index (χ1) is 24.5. The number of aromatic nitrogens is 4. The van der Waals surface area contributed by atoms with E-state index in [2.05, 4.69) is 41.1 Å². The maximum Gasteiger partial charge on any atom is 0.329 e. The number of nitrogens with one attached hydrogen (secondary N) is 4. The number of amides is 4. The van der Waals surface area contributed by atoms with Crippen molar-refractivity contribution in [3.8, 4) is 11.3 Å². The van der Waals surface area contributed by atoms with Gasteiger partial charge in [-0.15, -0.1) is 0 Å². The minimum Gasteiger partial charge on any atom is -0.454 e. The van der Waals surface area contributed by atoms with E-state index < -0.39 is 99.6 Å². The van der Waals surface area contributed by atoms with Crippen LogP contribution < -0.4 is 21.3 Å². The summed E-state index contributed by atoms with van der Waals surface area (Å²) in [6.07, 6.45) is 6.47. The lowest BCUT2D eigenvalue weighted by Gasteiger charge is -2.18. The summed E-state index contributed by atoms with van der Waals surface area (Å²) in [5.41, 5.74) is 2.98. The van der Waals surface area contributed by atoms with Crippen molar-refractivity contribution in [1.29, 1.82) is 0 Å². The van der Waals surface area contributed by atoms with Crippen molar-refractivity contribution in [2.75, 3.05) is 46.1 Å². The summed E-state index contributed by atoms with van der Waals surface area (Å²) in [7, 11) is 0. The maximum absolute atomic E-state index is 13.0. The van der Waals surface area contributed by atoms with E-state index in [-0.39, 0.29) is 6.42 Å². The van der Waals surface area contributed by atoms with E-state index in [0.29, 0.717) is 17.8 Å². The van der Waals surface area contributed by atoms with Gasteiger partial charge in [0.05, 0.1) is 18.4 Å². The van der Waals surface area contributed by atoms with E-state index in [0.717, 1.165) is 11.1 Å². The van der Waals surface area contributed by atoms with Crippen LogP contribution in [0.25, 0.3) is 11.3 Å². The molecule has 20 nitrogen and oxygen atoms in total. The first-order valence-corrected chi connectivity index (χ1v) is 15.1. The molecule has 1 aromatic carbocycles. The Hall–Kier alpha value is -6.73. The molecule has 1 aliphatic heterocycles. The fourth-order valence-corrected chi connectivity index (χ4v) is 4.17. The molecule has 1 aliphatic rings. The number of esters is 4. The minimum atomic E-state index is -1.35. The molecular weight excluding hydrogens is 676 g/mol. The Kier molecular flexibility index (Phi) is 13.6. The largest absolute Gasteiger partial charge is 0.454 e. The highest BCUT2D eigenvalue weighted by atomic mass is 16.6. The predicted octanol–water partition coefficient (Wildman–Crippen LogP) is -3.05.